The summed E-state index contributed by atoms with van der Waals surface area (Å²) in [6.45, 7) is 1.25. The third kappa shape index (κ3) is 6.53. The van der Waals surface area contributed by atoms with Crippen LogP contribution in [0.1, 0.15) is 13.3 Å². The molecule has 1 atom stereocenters. The van der Waals surface area contributed by atoms with E-state index in [1.165, 1.54) is 0 Å². The Morgan fingerprint density at radius 3 is 2.58 bits per heavy atom. The van der Waals surface area contributed by atoms with Crippen molar-refractivity contribution in [2.45, 2.75) is 19.4 Å². The summed E-state index contributed by atoms with van der Waals surface area (Å²) >= 11 is 0. The van der Waals surface area contributed by atoms with Crippen molar-refractivity contribution in [2.75, 3.05) is 19.0 Å². The molecule has 0 aliphatic carbocycles. The summed E-state index contributed by atoms with van der Waals surface area (Å²) in [7, 11) is -3.48. The van der Waals surface area contributed by atoms with E-state index in [-0.39, 0.29) is 25.0 Å². The molecule has 0 bridgehead atoms. The van der Waals surface area contributed by atoms with E-state index >= 15 is 0 Å². The van der Waals surface area contributed by atoms with Gasteiger partial charge in [-0.1, -0.05) is 0 Å². The molecular formula is C6H15NO4S. The van der Waals surface area contributed by atoms with Gasteiger partial charge in [0.2, 0.25) is 0 Å². The summed E-state index contributed by atoms with van der Waals surface area (Å²) in [6, 6.07) is -0.155. The van der Waals surface area contributed by atoms with Gasteiger partial charge in [-0.15, -0.1) is 0 Å². The highest BCUT2D eigenvalue weighted by atomic mass is 32.2. The van der Waals surface area contributed by atoms with E-state index in [0.717, 1.165) is 0 Å². The lowest BCUT2D eigenvalue weighted by atomic mass is 10.3. The fourth-order valence-electron chi connectivity index (χ4n) is 0.553. The topological polar surface area (TPSA) is 89.6 Å². The Bertz CT molecular complexity index is 200. The van der Waals surface area contributed by atoms with E-state index in [1.54, 1.807) is 6.92 Å². The molecule has 0 amide bonds. The van der Waals surface area contributed by atoms with Gasteiger partial charge in [0.15, 0.2) is 0 Å². The molecule has 0 aromatic rings. The third-order valence-electron chi connectivity index (χ3n) is 1.18. The molecule has 1 unspecified atom stereocenters. The van der Waals surface area contributed by atoms with Gasteiger partial charge < -0.3 is 10.8 Å². The van der Waals surface area contributed by atoms with Gasteiger partial charge in [-0.05, 0) is 13.3 Å². The Hall–Kier alpha value is -0.170. The average molecular weight is 197 g/mol. The van der Waals surface area contributed by atoms with Crippen molar-refractivity contribution in [1.29, 1.82) is 0 Å². The molecule has 0 aliphatic heterocycles. The summed E-state index contributed by atoms with van der Waals surface area (Å²) in [5.74, 6) is -0.0926. The fourth-order valence-corrected chi connectivity index (χ4v) is 1.66. The van der Waals surface area contributed by atoms with Crippen LogP contribution in [-0.4, -0.2) is 38.5 Å². The van der Waals surface area contributed by atoms with E-state index in [9.17, 15) is 8.42 Å². The van der Waals surface area contributed by atoms with Crippen molar-refractivity contribution in [3.8, 4) is 0 Å². The number of aliphatic hydroxyl groups excluding tert-OH is 1. The molecule has 0 rings (SSSR count). The highest BCUT2D eigenvalue weighted by molar-refractivity contribution is 7.86. The standard InChI is InChI=1S/C6H15NO4S/c1-6(7)2-5-12(9,10)11-4-3-8/h6,8H,2-5,7H2,1H3. The fraction of sp³-hybridized carbons (Fsp3) is 1.00. The Morgan fingerprint density at radius 1 is 1.58 bits per heavy atom. The second kappa shape index (κ2) is 5.47. The van der Waals surface area contributed by atoms with Crippen molar-refractivity contribution < 1.29 is 17.7 Å². The number of hydrogen-bond donors (Lipinski definition) is 2. The lowest BCUT2D eigenvalue weighted by molar-refractivity contribution is 0.205. The Kier molecular flexibility index (Phi) is 5.39. The number of nitrogens with two attached hydrogens (primary N) is 1. The van der Waals surface area contributed by atoms with Crippen LogP contribution >= 0.6 is 0 Å². The van der Waals surface area contributed by atoms with E-state index in [4.69, 9.17) is 10.8 Å². The van der Waals surface area contributed by atoms with Gasteiger partial charge >= 0.3 is 0 Å². The molecular weight excluding hydrogens is 182 g/mol. The third-order valence-corrected chi connectivity index (χ3v) is 2.44. The first-order chi connectivity index (χ1) is 5.48. The lowest BCUT2D eigenvalue weighted by Gasteiger charge is -2.05. The Labute approximate surface area is 72.6 Å². The van der Waals surface area contributed by atoms with Crippen molar-refractivity contribution in [3.05, 3.63) is 0 Å². The maximum absolute atomic E-state index is 10.9. The van der Waals surface area contributed by atoms with Crippen LogP contribution in [0, 0.1) is 0 Å². The van der Waals surface area contributed by atoms with Crippen LogP contribution in [0.4, 0.5) is 0 Å². The van der Waals surface area contributed by atoms with Crippen molar-refractivity contribution in [2.24, 2.45) is 5.73 Å². The molecule has 5 nitrogen and oxygen atoms in total. The molecule has 0 aromatic heterocycles. The molecule has 0 radical (unpaired) electrons. The second-order valence-electron chi connectivity index (χ2n) is 2.57. The highest BCUT2D eigenvalue weighted by Crippen LogP contribution is 1.97. The largest absolute Gasteiger partial charge is 0.394 e. The maximum atomic E-state index is 10.9. The van der Waals surface area contributed by atoms with Crippen molar-refractivity contribution in [1.82, 2.24) is 0 Å². The molecule has 0 aromatic carbocycles. The zero-order valence-electron chi connectivity index (χ0n) is 7.06. The SMILES string of the molecule is CC(N)CCS(=O)(=O)OCCO. The molecule has 0 saturated heterocycles. The van der Waals surface area contributed by atoms with Gasteiger partial charge in [-0.3, -0.25) is 4.18 Å². The molecule has 0 aliphatic rings. The van der Waals surface area contributed by atoms with E-state index < -0.39 is 10.1 Å². The first kappa shape index (κ1) is 11.8. The van der Waals surface area contributed by atoms with Gasteiger partial charge in [0.25, 0.3) is 10.1 Å². The molecule has 12 heavy (non-hydrogen) atoms. The molecule has 74 valence electrons. The van der Waals surface area contributed by atoms with Crippen LogP contribution in [0.15, 0.2) is 0 Å². The van der Waals surface area contributed by atoms with Crippen LogP contribution in [0.25, 0.3) is 0 Å². The number of rotatable bonds is 6. The van der Waals surface area contributed by atoms with Gasteiger partial charge in [-0.2, -0.15) is 8.42 Å². The zero-order chi connectivity index (χ0) is 9.61. The van der Waals surface area contributed by atoms with Crippen LogP contribution in [0.3, 0.4) is 0 Å². The minimum atomic E-state index is -3.48. The Balaban J connectivity index is 3.73. The van der Waals surface area contributed by atoms with Crippen LogP contribution in [-0.2, 0) is 14.3 Å². The van der Waals surface area contributed by atoms with Gasteiger partial charge in [-0.25, -0.2) is 0 Å². The van der Waals surface area contributed by atoms with E-state index in [1.807, 2.05) is 0 Å². The second-order valence-corrected chi connectivity index (χ2v) is 4.33. The zero-order valence-corrected chi connectivity index (χ0v) is 7.88. The van der Waals surface area contributed by atoms with Crippen LogP contribution < -0.4 is 5.73 Å². The van der Waals surface area contributed by atoms with Crippen LogP contribution in [0.5, 0.6) is 0 Å². The summed E-state index contributed by atoms with van der Waals surface area (Å²) in [5.41, 5.74) is 5.36. The molecule has 0 fully saturated rings. The molecule has 0 spiro atoms. The summed E-state index contributed by atoms with van der Waals surface area (Å²) < 4.78 is 26.2. The minimum absolute atomic E-state index is 0.0926. The number of aliphatic hydroxyl groups is 1. The van der Waals surface area contributed by atoms with Gasteiger partial charge in [0.1, 0.15) is 0 Å². The summed E-state index contributed by atoms with van der Waals surface area (Å²) in [6.07, 6.45) is 0.369. The predicted octanol–water partition coefficient (Wildman–Crippen LogP) is -0.938. The molecule has 0 heterocycles. The summed E-state index contributed by atoms with van der Waals surface area (Å²) in [4.78, 5) is 0. The van der Waals surface area contributed by atoms with Crippen LogP contribution in [0.2, 0.25) is 0 Å². The smallest absolute Gasteiger partial charge is 0.267 e. The highest BCUT2D eigenvalue weighted by Gasteiger charge is 2.11. The maximum Gasteiger partial charge on any atom is 0.267 e. The molecule has 6 heteroatoms. The average Bonchev–Trinajstić information content (AvgIpc) is 1.98. The molecule has 3 N–H and O–H groups in total. The van der Waals surface area contributed by atoms with E-state index in [0.29, 0.717) is 6.42 Å². The van der Waals surface area contributed by atoms with Gasteiger partial charge in [0, 0.05) is 6.04 Å². The van der Waals surface area contributed by atoms with Gasteiger partial charge in [0.05, 0.1) is 19.0 Å². The minimum Gasteiger partial charge on any atom is -0.394 e. The lowest BCUT2D eigenvalue weighted by Crippen LogP contribution is -2.21. The van der Waals surface area contributed by atoms with Crippen molar-refractivity contribution in [3.63, 3.8) is 0 Å². The predicted molar refractivity (Wildman–Crippen MR) is 45.1 cm³/mol. The number of hydrogen-bond acceptors (Lipinski definition) is 5. The van der Waals surface area contributed by atoms with E-state index in [2.05, 4.69) is 4.18 Å². The Morgan fingerprint density at radius 2 is 2.17 bits per heavy atom. The molecule has 0 saturated carbocycles. The summed E-state index contributed by atoms with van der Waals surface area (Å²) in [5, 5.41) is 8.29. The first-order valence-electron chi connectivity index (χ1n) is 3.71. The quantitative estimate of drug-likeness (QED) is 0.536. The van der Waals surface area contributed by atoms with Crippen molar-refractivity contribution >= 4 is 10.1 Å². The monoisotopic (exact) mass is 197 g/mol. The first-order valence-corrected chi connectivity index (χ1v) is 5.29. The normalized spacial score (nSPS) is 14.6.